The van der Waals surface area contributed by atoms with Crippen molar-refractivity contribution in [1.29, 1.82) is 5.41 Å². The predicted octanol–water partition coefficient (Wildman–Crippen LogP) is 3.55. The van der Waals surface area contributed by atoms with Crippen molar-refractivity contribution < 1.29 is 4.79 Å². The molecule has 19 heavy (non-hydrogen) atoms. The van der Waals surface area contributed by atoms with Crippen LogP contribution in [0.2, 0.25) is 0 Å². The minimum absolute atomic E-state index is 0.0188. The molecular weight excluding hydrogens is 236 g/mol. The number of hydrogen-bond acceptors (Lipinski definition) is 2. The van der Waals surface area contributed by atoms with Crippen LogP contribution in [0.3, 0.4) is 0 Å². The maximum Gasteiger partial charge on any atom is 0.223 e. The highest BCUT2D eigenvalue weighted by Crippen LogP contribution is 2.26. The zero-order chi connectivity index (χ0) is 14.6. The minimum atomic E-state index is -0.0188. The summed E-state index contributed by atoms with van der Waals surface area (Å²) in [5.74, 6) is 0.987. The van der Waals surface area contributed by atoms with Gasteiger partial charge in [0.25, 0.3) is 0 Å². The molecule has 1 aliphatic rings. The van der Waals surface area contributed by atoms with E-state index in [1.165, 1.54) is 5.57 Å². The fraction of sp³-hybridized carbons (Fsp3) is 0.750. The molecule has 2 unspecified atom stereocenters. The molecule has 0 bridgehead atoms. The summed E-state index contributed by atoms with van der Waals surface area (Å²) in [6, 6.07) is 0. The van der Waals surface area contributed by atoms with E-state index in [-0.39, 0.29) is 11.8 Å². The monoisotopic (exact) mass is 264 g/mol. The highest BCUT2D eigenvalue weighted by molar-refractivity contribution is 6.01. The van der Waals surface area contributed by atoms with Gasteiger partial charge in [-0.05, 0) is 37.2 Å². The Bertz CT molecular complexity index is 382. The zero-order valence-electron chi connectivity index (χ0n) is 13.0. The van der Waals surface area contributed by atoms with Crippen LogP contribution in [-0.2, 0) is 4.79 Å². The molecule has 1 heterocycles. The number of piperidine rings is 1. The van der Waals surface area contributed by atoms with Gasteiger partial charge in [0.1, 0.15) is 0 Å². The van der Waals surface area contributed by atoms with Gasteiger partial charge in [0.05, 0.1) is 0 Å². The topological polar surface area (TPSA) is 53.0 Å². The highest BCUT2D eigenvalue weighted by Gasteiger charge is 2.28. The van der Waals surface area contributed by atoms with Crippen molar-refractivity contribution in [2.45, 2.75) is 53.9 Å². The summed E-state index contributed by atoms with van der Waals surface area (Å²) in [5.41, 5.74) is 3.08. The molecule has 0 spiro atoms. The van der Waals surface area contributed by atoms with Gasteiger partial charge >= 0.3 is 0 Å². The molecule has 3 nitrogen and oxygen atoms in total. The van der Waals surface area contributed by atoms with E-state index < -0.39 is 0 Å². The molecular formula is C16H28N2O. The lowest BCUT2D eigenvalue weighted by Gasteiger charge is -2.28. The summed E-state index contributed by atoms with van der Waals surface area (Å²) in [6.07, 6.45) is 2.47. The van der Waals surface area contributed by atoms with E-state index in [9.17, 15) is 4.79 Å². The number of allylic oxidation sites excluding steroid dienone is 2. The van der Waals surface area contributed by atoms with Crippen LogP contribution in [0, 0.1) is 23.2 Å². The first kappa shape index (κ1) is 15.9. The van der Waals surface area contributed by atoms with Crippen molar-refractivity contribution in [2.75, 3.05) is 6.54 Å². The second kappa shape index (κ2) is 6.88. The van der Waals surface area contributed by atoms with Crippen molar-refractivity contribution in [2.24, 2.45) is 17.8 Å². The quantitative estimate of drug-likeness (QED) is 0.733. The van der Waals surface area contributed by atoms with Crippen molar-refractivity contribution in [1.82, 2.24) is 5.32 Å². The van der Waals surface area contributed by atoms with Crippen LogP contribution < -0.4 is 5.32 Å². The second-order valence-electron chi connectivity index (χ2n) is 6.17. The second-order valence-corrected chi connectivity index (χ2v) is 6.17. The van der Waals surface area contributed by atoms with E-state index in [2.05, 4.69) is 39.9 Å². The fourth-order valence-electron chi connectivity index (χ4n) is 2.92. The highest BCUT2D eigenvalue weighted by atomic mass is 16.1. The number of carbonyl (C=O) groups is 1. The summed E-state index contributed by atoms with van der Waals surface area (Å²) in [5, 5.41) is 11.3. The number of nitrogens with one attached hydrogen (secondary N) is 2. The lowest BCUT2D eigenvalue weighted by atomic mass is 9.83. The Labute approximate surface area is 117 Å². The Morgan fingerprint density at radius 2 is 2.11 bits per heavy atom. The van der Waals surface area contributed by atoms with Crippen LogP contribution in [0.1, 0.15) is 53.9 Å². The first-order chi connectivity index (χ1) is 8.86. The van der Waals surface area contributed by atoms with Gasteiger partial charge in [0, 0.05) is 24.6 Å². The maximum atomic E-state index is 11.9. The van der Waals surface area contributed by atoms with Crippen molar-refractivity contribution in [3.05, 3.63) is 11.1 Å². The normalized spacial score (nSPS) is 25.1. The van der Waals surface area contributed by atoms with Gasteiger partial charge in [0.15, 0.2) is 0 Å². The summed E-state index contributed by atoms with van der Waals surface area (Å²) >= 11 is 0. The van der Waals surface area contributed by atoms with Crippen LogP contribution in [0.25, 0.3) is 0 Å². The van der Waals surface area contributed by atoms with E-state index in [1.807, 2.05) is 0 Å². The summed E-state index contributed by atoms with van der Waals surface area (Å²) in [6.45, 7) is 11.4. The molecule has 1 amide bonds. The van der Waals surface area contributed by atoms with Crippen LogP contribution in [0.5, 0.6) is 0 Å². The standard InChI is InChI=1S/C16H28N2O/c1-6-12(5)15(10(2)3)14(17)8-13-7-11(4)9-18-16(13)19/h10-11,13,17H,6-9H2,1-5H3,(H,18,19). The average Bonchev–Trinajstić information content (AvgIpc) is 2.33. The third kappa shape index (κ3) is 4.19. The smallest absolute Gasteiger partial charge is 0.223 e. The van der Waals surface area contributed by atoms with E-state index in [0.717, 1.165) is 25.0 Å². The Balaban J connectivity index is 2.80. The lowest BCUT2D eigenvalue weighted by Crippen LogP contribution is -2.41. The van der Waals surface area contributed by atoms with Crippen molar-refractivity contribution >= 4 is 11.6 Å². The fourth-order valence-corrected chi connectivity index (χ4v) is 2.92. The van der Waals surface area contributed by atoms with Crippen molar-refractivity contribution in [3.8, 4) is 0 Å². The molecule has 0 aromatic carbocycles. The Morgan fingerprint density at radius 3 is 2.63 bits per heavy atom. The lowest BCUT2D eigenvalue weighted by molar-refractivity contribution is -0.127. The van der Waals surface area contributed by atoms with E-state index in [0.29, 0.717) is 24.0 Å². The third-order valence-electron chi connectivity index (χ3n) is 4.03. The summed E-state index contributed by atoms with van der Waals surface area (Å²) in [4.78, 5) is 11.9. The molecule has 108 valence electrons. The van der Waals surface area contributed by atoms with Crippen LogP contribution in [-0.4, -0.2) is 18.2 Å². The maximum absolute atomic E-state index is 11.9. The molecule has 1 saturated heterocycles. The number of carbonyl (C=O) groups excluding carboxylic acids is 1. The Hall–Kier alpha value is -1.12. The molecule has 3 heteroatoms. The molecule has 2 N–H and O–H groups in total. The summed E-state index contributed by atoms with van der Waals surface area (Å²) < 4.78 is 0. The molecule has 2 atom stereocenters. The van der Waals surface area contributed by atoms with E-state index >= 15 is 0 Å². The van der Waals surface area contributed by atoms with Crippen LogP contribution >= 0.6 is 0 Å². The predicted molar refractivity (Wildman–Crippen MR) is 80.5 cm³/mol. The largest absolute Gasteiger partial charge is 0.356 e. The van der Waals surface area contributed by atoms with E-state index in [4.69, 9.17) is 5.41 Å². The average molecular weight is 264 g/mol. The Kier molecular flexibility index (Phi) is 5.77. The molecule has 0 aromatic rings. The molecule has 0 radical (unpaired) electrons. The molecule has 0 aromatic heterocycles. The van der Waals surface area contributed by atoms with Gasteiger partial charge in [-0.3, -0.25) is 4.79 Å². The van der Waals surface area contributed by atoms with Crippen molar-refractivity contribution in [3.63, 3.8) is 0 Å². The number of rotatable bonds is 5. The van der Waals surface area contributed by atoms with E-state index in [1.54, 1.807) is 0 Å². The first-order valence-electron chi connectivity index (χ1n) is 7.41. The van der Waals surface area contributed by atoms with Crippen LogP contribution in [0.4, 0.5) is 0 Å². The minimum Gasteiger partial charge on any atom is -0.356 e. The van der Waals surface area contributed by atoms with Gasteiger partial charge in [-0.15, -0.1) is 0 Å². The zero-order valence-corrected chi connectivity index (χ0v) is 13.0. The molecule has 0 saturated carbocycles. The molecule has 1 aliphatic heterocycles. The third-order valence-corrected chi connectivity index (χ3v) is 4.03. The molecule has 0 aliphatic carbocycles. The number of hydrogen-bond donors (Lipinski definition) is 2. The number of amides is 1. The van der Waals surface area contributed by atoms with Crippen LogP contribution in [0.15, 0.2) is 11.1 Å². The van der Waals surface area contributed by atoms with Gasteiger partial charge in [-0.25, -0.2) is 0 Å². The Morgan fingerprint density at radius 1 is 1.47 bits per heavy atom. The first-order valence-corrected chi connectivity index (χ1v) is 7.41. The van der Waals surface area contributed by atoms with Gasteiger partial charge in [-0.1, -0.05) is 33.3 Å². The van der Waals surface area contributed by atoms with Gasteiger partial charge in [-0.2, -0.15) is 0 Å². The van der Waals surface area contributed by atoms with Gasteiger partial charge in [0.2, 0.25) is 5.91 Å². The summed E-state index contributed by atoms with van der Waals surface area (Å²) in [7, 11) is 0. The molecule has 1 rings (SSSR count). The molecule has 1 fully saturated rings. The SMILES string of the molecule is CCC(C)=C(C(=N)CC1CC(C)CNC1=O)C(C)C. The van der Waals surface area contributed by atoms with Gasteiger partial charge < -0.3 is 10.7 Å².